The summed E-state index contributed by atoms with van der Waals surface area (Å²) in [5.41, 5.74) is 0.658. The maximum Gasteiger partial charge on any atom is 0.282 e. The molecule has 2 aliphatic rings. The van der Waals surface area contributed by atoms with E-state index < -0.39 is 27.7 Å². The fourth-order valence-electron chi connectivity index (χ4n) is 4.53. The van der Waals surface area contributed by atoms with E-state index >= 15 is 0 Å². The minimum atomic E-state index is -0.592. The van der Waals surface area contributed by atoms with Gasteiger partial charge in [-0.1, -0.05) is 0 Å². The minimum Gasteiger partial charge on any atom is -0.496 e. The Labute approximate surface area is 256 Å². The highest BCUT2D eigenvalue weighted by molar-refractivity contribution is 7.99. The number of thioether (sulfide) groups is 2. The zero-order valence-corrected chi connectivity index (χ0v) is 26.1. The first-order valence-electron chi connectivity index (χ1n) is 12.8. The lowest BCUT2D eigenvalue weighted by Crippen LogP contribution is -2.41. The summed E-state index contributed by atoms with van der Waals surface area (Å²) in [5.74, 6) is 1.75. The SMILES string of the molecule is COc1cc(C(=O)N2CSC[C@H]2C(C)=O)c([N+](=O)[O-])cc1C.COc1cc(C(=O)N2CSC[C@H]2OC)c([N+](=O)[O-])cc1C. The molecule has 0 spiro atoms. The van der Waals surface area contributed by atoms with Gasteiger partial charge in [0.05, 0.1) is 35.8 Å². The summed E-state index contributed by atoms with van der Waals surface area (Å²) >= 11 is 3.00. The molecule has 2 aliphatic heterocycles. The molecule has 2 fully saturated rings. The molecule has 0 aliphatic carbocycles. The van der Waals surface area contributed by atoms with Gasteiger partial charge in [-0.15, -0.1) is 23.5 Å². The van der Waals surface area contributed by atoms with Crippen LogP contribution < -0.4 is 9.47 Å². The monoisotopic (exact) mass is 636 g/mol. The van der Waals surface area contributed by atoms with E-state index in [0.717, 1.165) is 0 Å². The number of ether oxygens (including phenoxy) is 3. The molecular formula is C27H32N4O10S2. The second-order valence-corrected chi connectivity index (χ2v) is 11.6. The number of nitro benzene ring substituents is 2. The number of nitro groups is 2. The molecule has 2 atom stereocenters. The Morgan fingerprint density at radius 1 is 0.791 bits per heavy atom. The third-order valence-corrected chi connectivity index (χ3v) is 8.86. The fourth-order valence-corrected chi connectivity index (χ4v) is 6.87. The van der Waals surface area contributed by atoms with Crippen molar-refractivity contribution in [1.29, 1.82) is 0 Å². The van der Waals surface area contributed by atoms with Gasteiger partial charge in [0.2, 0.25) is 0 Å². The van der Waals surface area contributed by atoms with Gasteiger partial charge in [0.1, 0.15) is 34.9 Å². The molecule has 0 radical (unpaired) electrons. The van der Waals surface area contributed by atoms with Crippen LogP contribution in [0.25, 0.3) is 0 Å². The number of aryl methyl sites for hydroxylation is 2. The molecule has 2 saturated heterocycles. The Bertz CT molecular complexity index is 1440. The molecule has 0 N–H and O–H groups in total. The number of ketones is 1. The summed E-state index contributed by atoms with van der Waals surface area (Å²) in [7, 11) is 4.42. The van der Waals surface area contributed by atoms with Gasteiger partial charge in [0, 0.05) is 42.9 Å². The first-order chi connectivity index (χ1) is 20.4. The summed E-state index contributed by atoms with van der Waals surface area (Å²) in [6.07, 6.45) is -0.366. The molecular weight excluding hydrogens is 604 g/mol. The third kappa shape index (κ3) is 7.37. The van der Waals surface area contributed by atoms with E-state index in [4.69, 9.17) is 14.2 Å². The second-order valence-electron chi connectivity index (χ2n) is 9.56. The van der Waals surface area contributed by atoms with Crippen LogP contribution in [0.5, 0.6) is 11.5 Å². The van der Waals surface area contributed by atoms with Gasteiger partial charge in [-0.3, -0.25) is 34.6 Å². The van der Waals surface area contributed by atoms with Crippen molar-refractivity contribution in [2.75, 3.05) is 44.6 Å². The van der Waals surface area contributed by atoms with Crippen molar-refractivity contribution in [2.24, 2.45) is 0 Å². The molecule has 0 aromatic heterocycles. The Kier molecular flexibility index (Phi) is 11.4. The summed E-state index contributed by atoms with van der Waals surface area (Å²) in [6, 6.07) is 4.93. The van der Waals surface area contributed by atoms with Gasteiger partial charge < -0.3 is 24.0 Å². The lowest BCUT2D eigenvalue weighted by atomic mass is 10.1. The van der Waals surface area contributed by atoms with Crippen LogP contribution in [0.4, 0.5) is 11.4 Å². The van der Waals surface area contributed by atoms with Crippen LogP contribution in [0.3, 0.4) is 0 Å². The topological polar surface area (TPSA) is 172 Å². The average Bonchev–Trinajstić information content (AvgIpc) is 3.66. The van der Waals surface area contributed by atoms with Crippen molar-refractivity contribution in [2.45, 2.75) is 33.0 Å². The largest absolute Gasteiger partial charge is 0.496 e. The smallest absolute Gasteiger partial charge is 0.282 e. The molecule has 0 unspecified atom stereocenters. The molecule has 2 aromatic rings. The highest BCUT2D eigenvalue weighted by Crippen LogP contribution is 2.33. The lowest BCUT2D eigenvalue weighted by Gasteiger charge is -2.22. The lowest BCUT2D eigenvalue weighted by molar-refractivity contribution is -0.385. The molecule has 4 rings (SSSR count). The quantitative estimate of drug-likeness (QED) is 0.301. The van der Waals surface area contributed by atoms with Crippen molar-refractivity contribution in [3.8, 4) is 11.5 Å². The standard InChI is InChI=1S/C14H16N2O5S.C13H16N2O5S/c1-8-4-11(16(19)20)10(5-13(8)21-3)14(18)15-7-22-6-12(15)9(2)17;1-8-4-10(15(17)18)9(5-11(8)19-2)13(16)14-7-21-6-12(14)20-3/h4-5,12H,6-7H2,1-3H3;4-5,12H,6-7H2,1-3H3/t2*12-/m01/s1. The van der Waals surface area contributed by atoms with E-state index in [1.54, 1.807) is 25.6 Å². The molecule has 43 heavy (non-hydrogen) atoms. The van der Waals surface area contributed by atoms with E-state index in [2.05, 4.69) is 0 Å². The number of rotatable bonds is 8. The van der Waals surface area contributed by atoms with Crippen LogP contribution in [-0.4, -0.2) is 94.1 Å². The zero-order chi connectivity index (χ0) is 32.0. The molecule has 2 heterocycles. The van der Waals surface area contributed by atoms with Crippen LogP contribution in [0, 0.1) is 34.1 Å². The van der Waals surface area contributed by atoms with E-state index in [-0.39, 0.29) is 34.5 Å². The Morgan fingerprint density at radius 3 is 1.65 bits per heavy atom. The number of hydrogen-bond donors (Lipinski definition) is 0. The predicted octanol–water partition coefficient (Wildman–Crippen LogP) is 4.05. The number of nitrogens with zero attached hydrogens (tertiary/aromatic N) is 4. The number of methoxy groups -OCH3 is 3. The number of benzene rings is 2. The summed E-state index contributed by atoms with van der Waals surface area (Å²) < 4.78 is 15.5. The van der Waals surface area contributed by atoms with Crippen molar-refractivity contribution < 1.29 is 38.4 Å². The molecule has 232 valence electrons. The van der Waals surface area contributed by atoms with Gasteiger partial charge in [-0.2, -0.15) is 0 Å². The van der Waals surface area contributed by atoms with Crippen LogP contribution in [0.15, 0.2) is 24.3 Å². The molecule has 0 saturated carbocycles. The molecule has 14 nitrogen and oxygen atoms in total. The van der Waals surface area contributed by atoms with Gasteiger partial charge in [0.15, 0.2) is 5.78 Å². The maximum atomic E-state index is 12.7. The summed E-state index contributed by atoms with van der Waals surface area (Å²) in [6.45, 7) is 4.79. The predicted molar refractivity (Wildman–Crippen MR) is 161 cm³/mol. The molecule has 2 aromatic carbocycles. The van der Waals surface area contributed by atoms with Crippen molar-refractivity contribution in [1.82, 2.24) is 9.80 Å². The van der Waals surface area contributed by atoms with Gasteiger partial charge >= 0.3 is 0 Å². The van der Waals surface area contributed by atoms with Crippen LogP contribution in [-0.2, 0) is 9.53 Å². The maximum absolute atomic E-state index is 12.7. The van der Waals surface area contributed by atoms with Crippen molar-refractivity contribution >= 4 is 52.5 Å². The first kappa shape index (κ1) is 33.6. The Morgan fingerprint density at radius 2 is 1.23 bits per heavy atom. The van der Waals surface area contributed by atoms with Crippen molar-refractivity contribution in [3.63, 3.8) is 0 Å². The normalized spacial score (nSPS) is 17.6. The van der Waals surface area contributed by atoms with E-state index in [1.165, 1.54) is 74.1 Å². The van der Waals surface area contributed by atoms with E-state index in [0.29, 0.717) is 45.9 Å². The average molecular weight is 637 g/mol. The van der Waals surface area contributed by atoms with Crippen LogP contribution in [0.1, 0.15) is 38.8 Å². The van der Waals surface area contributed by atoms with Gasteiger partial charge in [-0.05, 0) is 31.9 Å². The number of carbonyl (C=O) groups is 3. The second kappa shape index (κ2) is 14.5. The van der Waals surface area contributed by atoms with E-state index in [9.17, 15) is 34.6 Å². The number of carbonyl (C=O) groups excluding carboxylic acids is 3. The van der Waals surface area contributed by atoms with Crippen molar-refractivity contribution in [3.05, 3.63) is 66.7 Å². The summed E-state index contributed by atoms with van der Waals surface area (Å²) in [4.78, 5) is 61.0. The molecule has 2 amide bonds. The van der Waals surface area contributed by atoms with E-state index in [1.807, 2.05) is 0 Å². The number of hydrogen-bond acceptors (Lipinski definition) is 12. The zero-order valence-electron chi connectivity index (χ0n) is 24.5. The fraction of sp³-hybridized carbons (Fsp3) is 0.444. The Balaban J connectivity index is 0.000000236. The summed E-state index contributed by atoms with van der Waals surface area (Å²) in [5, 5.41) is 22.4. The Hall–Kier alpha value is -3.89. The number of amides is 2. The molecule has 16 heteroatoms. The van der Waals surface area contributed by atoms with Crippen LogP contribution >= 0.6 is 23.5 Å². The third-order valence-electron chi connectivity index (χ3n) is 6.86. The number of Topliss-reactive ketones (excluding diaryl/α,β-unsaturated/α-hetero) is 1. The first-order valence-corrected chi connectivity index (χ1v) is 15.1. The van der Waals surface area contributed by atoms with Crippen LogP contribution in [0.2, 0.25) is 0 Å². The van der Waals surface area contributed by atoms with Gasteiger partial charge in [-0.25, -0.2) is 0 Å². The molecule has 0 bridgehead atoms. The highest BCUT2D eigenvalue weighted by atomic mass is 32.2. The minimum absolute atomic E-state index is 0.0204. The van der Waals surface area contributed by atoms with Gasteiger partial charge in [0.25, 0.3) is 23.2 Å². The highest BCUT2D eigenvalue weighted by Gasteiger charge is 2.36.